The Morgan fingerprint density at radius 3 is 1.30 bits per heavy atom. The lowest BCUT2D eigenvalue weighted by atomic mass is 10.1. The molecule has 0 radical (unpaired) electrons. The van der Waals surface area contributed by atoms with Crippen LogP contribution in [0.4, 0.5) is 0 Å². The summed E-state index contributed by atoms with van der Waals surface area (Å²) in [5.41, 5.74) is 0.928. The number of rotatable bonds is 19. The molecule has 1 aromatic carbocycles. The summed E-state index contributed by atoms with van der Waals surface area (Å²) in [5, 5.41) is 0. The molecule has 194 valence electrons. The van der Waals surface area contributed by atoms with Gasteiger partial charge in [0, 0.05) is 0 Å². The van der Waals surface area contributed by atoms with Crippen molar-refractivity contribution in [3.63, 3.8) is 0 Å². The quantitative estimate of drug-likeness (QED) is 0.176. The number of quaternary nitrogens is 1. The Morgan fingerprint density at radius 1 is 0.636 bits per heavy atom. The van der Waals surface area contributed by atoms with E-state index in [-0.39, 0.29) is 4.90 Å². The van der Waals surface area contributed by atoms with Crippen molar-refractivity contribution >= 4 is 10.1 Å². The molecular weight excluding hydrogens is 430 g/mol. The van der Waals surface area contributed by atoms with Gasteiger partial charge < -0.3 is 9.45 Å². The minimum atomic E-state index is -4.27. The van der Waals surface area contributed by atoms with Crippen LogP contribution in [-0.2, 0) is 10.1 Å². The average molecular weight is 484 g/mol. The van der Waals surface area contributed by atoms with E-state index in [0.29, 0.717) is 0 Å². The second-order valence-corrected chi connectivity index (χ2v) is 11.1. The minimum Gasteiger partial charge on any atom is -0.744 e. The lowest BCUT2D eigenvalue weighted by Gasteiger charge is -2.13. The van der Waals surface area contributed by atoms with Crippen molar-refractivity contribution in [2.75, 3.05) is 20.1 Å². The van der Waals surface area contributed by atoms with Crippen molar-refractivity contribution in [1.82, 2.24) is 0 Å². The fraction of sp³-hybridized carbons (Fsp3) is 0.786. The van der Waals surface area contributed by atoms with Gasteiger partial charge in [0.2, 0.25) is 0 Å². The molecule has 0 heterocycles. The average Bonchev–Trinajstić information content (AvgIpc) is 2.77. The summed E-state index contributed by atoms with van der Waals surface area (Å²) in [4.78, 5) is 1.58. The van der Waals surface area contributed by atoms with Gasteiger partial charge in [-0.15, -0.1) is 0 Å². The summed E-state index contributed by atoms with van der Waals surface area (Å²) in [6.45, 7) is 9.20. The molecule has 0 atom stereocenters. The summed E-state index contributed by atoms with van der Waals surface area (Å²) in [7, 11) is -1.88. The second-order valence-electron chi connectivity index (χ2n) is 9.67. The SMILES string of the molecule is CCCCCCCCCC[NH+](C)CCCCCCCCCC.Cc1ccc(S(=O)(=O)[O-])cc1. The molecule has 0 aliphatic carbocycles. The van der Waals surface area contributed by atoms with E-state index in [9.17, 15) is 13.0 Å². The van der Waals surface area contributed by atoms with Crippen LogP contribution >= 0.6 is 0 Å². The van der Waals surface area contributed by atoms with E-state index in [0.717, 1.165) is 5.56 Å². The number of hydrogen-bond donors (Lipinski definition) is 1. The van der Waals surface area contributed by atoms with Gasteiger partial charge in [-0.1, -0.05) is 109 Å². The van der Waals surface area contributed by atoms with Crippen molar-refractivity contribution in [1.29, 1.82) is 0 Å². The number of benzene rings is 1. The Balaban J connectivity index is 0.000000771. The first-order valence-corrected chi connectivity index (χ1v) is 15.1. The Kier molecular flexibility index (Phi) is 21.0. The first-order valence-electron chi connectivity index (χ1n) is 13.6. The number of nitrogens with one attached hydrogen (secondary N) is 1. The molecule has 1 N–H and O–H groups in total. The molecule has 5 heteroatoms. The van der Waals surface area contributed by atoms with Crippen molar-refractivity contribution in [2.45, 2.75) is 128 Å². The molecule has 0 saturated heterocycles. The molecule has 4 nitrogen and oxygen atoms in total. The van der Waals surface area contributed by atoms with E-state index in [1.807, 2.05) is 6.92 Å². The summed E-state index contributed by atoms with van der Waals surface area (Å²) in [6.07, 6.45) is 23.1. The molecular formula is C28H53NO3S. The minimum absolute atomic E-state index is 0.178. The molecule has 0 aliphatic heterocycles. The van der Waals surface area contributed by atoms with Crippen molar-refractivity contribution in [3.05, 3.63) is 29.8 Å². The summed E-state index contributed by atoms with van der Waals surface area (Å²) < 4.78 is 31.2. The Bertz CT molecular complexity index is 624. The smallest absolute Gasteiger partial charge is 0.124 e. The van der Waals surface area contributed by atoms with Gasteiger partial charge in [-0.3, -0.25) is 0 Å². The summed E-state index contributed by atoms with van der Waals surface area (Å²) in [6, 6.07) is 5.78. The molecule has 1 aromatic rings. The fourth-order valence-corrected chi connectivity index (χ4v) is 4.42. The first kappa shape index (κ1) is 32.1. The molecule has 33 heavy (non-hydrogen) atoms. The second kappa shape index (κ2) is 21.6. The normalized spacial score (nSPS) is 11.5. The molecule has 0 aromatic heterocycles. The maximum atomic E-state index is 10.4. The van der Waals surface area contributed by atoms with Crippen LogP contribution < -0.4 is 4.90 Å². The monoisotopic (exact) mass is 483 g/mol. The third-order valence-electron chi connectivity index (χ3n) is 6.22. The molecule has 0 unspecified atom stereocenters. The van der Waals surface area contributed by atoms with Gasteiger partial charge in [-0.25, -0.2) is 8.42 Å². The zero-order valence-electron chi connectivity index (χ0n) is 22.2. The van der Waals surface area contributed by atoms with Crippen LogP contribution in [0.5, 0.6) is 0 Å². The van der Waals surface area contributed by atoms with Crippen LogP contribution in [0.3, 0.4) is 0 Å². The highest BCUT2D eigenvalue weighted by molar-refractivity contribution is 7.85. The van der Waals surface area contributed by atoms with Crippen LogP contribution in [-0.4, -0.2) is 33.1 Å². The summed E-state index contributed by atoms with van der Waals surface area (Å²) in [5.74, 6) is 0. The third kappa shape index (κ3) is 21.4. The third-order valence-corrected chi connectivity index (χ3v) is 7.07. The maximum Gasteiger partial charge on any atom is 0.124 e. The van der Waals surface area contributed by atoms with Gasteiger partial charge >= 0.3 is 0 Å². The Labute approximate surface area is 206 Å². The predicted octanol–water partition coefficient (Wildman–Crippen LogP) is 6.68. The van der Waals surface area contributed by atoms with E-state index < -0.39 is 10.1 Å². The van der Waals surface area contributed by atoms with Crippen LogP contribution in [0.15, 0.2) is 29.2 Å². The van der Waals surface area contributed by atoms with Crippen LogP contribution in [0.2, 0.25) is 0 Å². The highest BCUT2D eigenvalue weighted by atomic mass is 32.2. The van der Waals surface area contributed by atoms with E-state index in [2.05, 4.69) is 20.9 Å². The topological polar surface area (TPSA) is 61.6 Å². The Hall–Kier alpha value is -0.910. The molecule has 0 amide bonds. The lowest BCUT2D eigenvalue weighted by molar-refractivity contribution is -0.880. The number of unbranched alkanes of at least 4 members (excludes halogenated alkanes) is 14. The number of aryl methyl sites for hydroxylation is 1. The maximum absolute atomic E-state index is 10.4. The van der Waals surface area contributed by atoms with Gasteiger partial charge in [0.05, 0.1) is 25.0 Å². The van der Waals surface area contributed by atoms with Gasteiger partial charge in [-0.05, 0) is 44.7 Å². The lowest BCUT2D eigenvalue weighted by Crippen LogP contribution is -3.09. The number of hydrogen-bond acceptors (Lipinski definition) is 3. The molecule has 0 spiro atoms. The van der Waals surface area contributed by atoms with E-state index in [1.165, 1.54) is 128 Å². The van der Waals surface area contributed by atoms with E-state index >= 15 is 0 Å². The van der Waals surface area contributed by atoms with E-state index in [4.69, 9.17) is 0 Å². The van der Waals surface area contributed by atoms with Crippen molar-refractivity contribution in [3.8, 4) is 0 Å². The molecule has 0 saturated carbocycles. The van der Waals surface area contributed by atoms with Crippen molar-refractivity contribution in [2.24, 2.45) is 0 Å². The van der Waals surface area contributed by atoms with E-state index in [1.54, 1.807) is 17.0 Å². The largest absolute Gasteiger partial charge is 0.744 e. The van der Waals surface area contributed by atoms with Gasteiger partial charge in [0.25, 0.3) is 0 Å². The van der Waals surface area contributed by atoms with Crippen LogP contribution in [0.25, 0.3) is 0 Å². The van der Waals surface area contributed by atoms with Crippen molar-refractivity contribution < 1.29 is 17.9 Å². The van der Waals surface area contributed by atoms with Crippen LogP contribution in [0.1, 0.15) is 122 Å². The van der Waals surface area contributed by atoms with Gasteiger partial charge in [-0.2, -0.15) is 0 Å². The highest BCUT2D eigenvalue weighted by Gasteiger charge is 2.02. The first-order chi connectivity index (χ1) is 15.8. The standard InChI is InChI=1S/C21H45N.C7H8O3S/c1-4-6-8-10-12-14-16-18-20-22(3)21-19-17-15-13-11-9-7-5-2;1-6-2-4-7(5-3-6)11(8,9)10/h4-21H2,1-3H3;2-5H,1H3,(H,8,9,10). The highest BCUT2D eigenvalue weighted by Crippen LogP contribution is 2.09. The van der Waals surface area contributed by atoms with Gasteiger partial charge in [0.15, 0.2) is 0 Å². The fourth-order valence-electron chi connectivity index (χ4n) is 3.95. The molecule has 0 bridgehead atoms. The molecule has 0 aliphatic rings. The zero-order chi connectivity index (χ0) is 24.8. The molecule has 0 fully saturated rings. The zero-order valence-corrected chi connectivity index (χ0v) is 23.0. The Morgan fingerprint density at radius 2 is 0.970 bits per heavy atom. The van der Waals surface area contributed by atoms with Crippen LogP contribution in [0, 0.1) is 6.92 Å². The summed E-state index contributed by atoms with van der Waals surface area (Å²) >= 11 is 0. The van der Waals surface area contributed by atoms with Gasteiger partial charge in [0.1, 0.15) is 10.1 Å². The predicted molar refractivity (Wildman–Crippen MR) is 141 cm³/mol. The molecule has 1 rings (SSSR count).